The van der Waals surface area contributed by atoms with Crippen LogP contribution in [0.3, 0.4) is 0 Å². The molecule has 0 amide bonds. The van der Waals surface area contributed by atoms with Crippen molar-refractivity contribution in [1.29, 1.82) is 0 Å². The van der Waals surface area contributed by atoms with Crippen LogP contribution in [0, 0.1) is 0 Å². The predicted octanol–water partition coefficient (Wildman–Crippen LogP) is 4.09. The van der Waals surface area contributed by atoms with Gasteiger partial charge in [-0.1, -0.05) is 32.7 Å². The maximum Gasteiger partial charge on any atom is 0.216 e. The van der Waals surface area contributed by atoms with Crippen molar-refractivity contribution < 1.29 is 4.42 Å². The summed E-state index contributed by atoms with van der Waals surface area (Å²) < 4.78 is 7.43. The van der Waals surface area contributed by atoms with Gasteiger partial charge in [-0.15, -0.1) is 5.10 Å². The summed E-state index contributed by atoms with van der Waals surface area (Å²) in [4.78, 5) is 4.43. The standard InChI is InChI=1S/C14H12BrClN4O/c1-9(15)12-7-20(19-18-12)8-14-17-6-13(21-14)10-2-4-11(16)5-3-10/h2-7,9H,8H2,1H3. The van der Waals surface area contributed by atoms with Crippen molar-refractivity contribution >= 4 is 27.5 Å². The Morgan fingerprint density at radius 3 is 2.76 bits per heavy atom. The van der Waals surface area contributed by atoms with Gasteiger partial charge in [0.2, 0.25) is 5.89 Å². The monoisotopic (exact) mass is 366 g/mol. The highest BCUT2D eigenvalue weighted by molar-refractivity contribution is 9.09. The highest BCUT2D eigenvalue weighted by Gasteiger charge is 2.10. The summed E-state index contributed by atoms with van der Waals surface area (Å²) in [5.74, 6) is 1.29. The second-order valence-corrected chi connectivity index (χ2v) is 6.39. The number of halogens is 2. The maximum atomic E-state index is 5.87. The molecule has 1 aromatic carbocycles. The molecule has 2 heterocycles. The molecule has 21 heavy (non-hydrogen) atoms. The third kappa shape index (κ3) is 3.33. The van der Waals surface area contributed by atoms with Crippen LogP contribution in [0.4, 0.5) is 0 Å². The number of benzene rings is 1. The Morgan fingerprint density at radius 1 is 1.33 bits per heavy atom. The van der Waals surface area contributed by atoms with Gasteiger partial charge in [-0.3, -0.25) is 0 Å². The minimum Gasteiger partial charge on any atom is -0.439 e. The van der Waals surface area contributed by atoms with Crippen LogP contribution in [-0.4, -0.2) is 20.0 Å². The highest BCUT2D eigenvalue weighted by atomic mass is 79.9. The number of hydrogen-bond donors (Lipinski definition) is 0. The Kier molecular flexibility index (Phi) is 4.07. The van der Waals surface area contributed by atoms with E-state index in [-0.39, 0.29) is 4.83 Å². The van der Waals surface area contributed by atoms with Crippen LogP contribution in [-0.2, 0) is 6.54 Å². The van der Waals surface area contributed by atoms with Crippen LogP contribution < -0.4 is 0 Å². The fourth-order valence-corrected chi connectivity index (χ4v) is 2.18. The van der Waals surface area contributed by atoms with Crippen molar-refractivity contribution in [2.45, 2.75) is 18.3 Å². The molecule has 0 radical (unpaired) electrons. The summed E-state index contributed by atoms with van der Waals surface area (Å²) in [5, 5.41) is 8.81. The number of aromatic nitrogens is 4. The summed E-state index contributed by atoms with van der Waals surface area (Å²) in [5.41, 5.74) is 1.81. The van der Waals surface area contributed by atoms with Gasteiger partial charge < -0.3 is 4.42 Å². The molecule has 2 aromatic heterocycles. The fourth-order valence-electron chi connectivity index (χ4n) is 1.84. The van der Waals surface area contributed by atoms with Gasteiger partial charge in [0.05, 0.1) is 22.9 Å². The number of nitrogens with zero attached hydrogens (tertiary/aromatic N) is 4. The van der Waals surface area contributed by atoms with E-state index in [1.165, 1.54) is 0 Å². The molecule has 0 aliphatic carbocycles. The first-order chi connectivity index (χ1) is 10.1. The van der Waals surface area contributed by atoms with E-state index in [0.717, 1.165) is 11.3 Å². The lowest BCUT2D eigenvalue weighted by Crippen LogP contribution is -2.00. The SMILES string of the molecule is CC(Br)c1cn(Cc2ncc(-c3ccc(Cl)cc3)o2)nn1. The van der Waals surface area contributed by atoms with Crippen LogP contribution in [0.2, 0.25) is 5.02 Å². The van der Waals surface area contributed by atoms with Gasteiger partial charge in [0.15, 0.2) is 5.76 Å². The molecule has 0 saturated heterocycles. The predicted molar refractivity (Wildman–Crippen MR) is 83.4 cm³/mol. The van der Waals surface area contributed by atoms with Crippen molar-refractivity contribution in [3.05, 3.63) is 53.3 Å². The molecular weight excluding hydrogens is 356 g/mol. The van der Waals surface area contributed by atoms with Crippen molar-refractivity contribution in [3.63, 3.8) is 0 Å². The molecule has 3 rings (SSSR count). The molecule has 0 saturated carbocycles. The highest BCUT2D eigenvalue weighted by Crippen LogP contribution is 2.23. The lowest BCUT2D eigenvalue weighted by atomic mass is 10.2. The van der Waals surface area contributed by atoms with E-state index < -0.39 is 0 Å². The minimum atomic E-state index is 0.167. The van der Waals surface area contributed by atoms with Crippen LogP contribution >= 0.6 is 27.5 Å². The van der Waals surface area contributed by atoms with Crippen LogP contribution in [0.1, 0.15) is 23.3 Å². The number of hydrogen-bond acceptors (Lipinski definition) is 4. The second kappa shape index (κ2) is 5.99. The van der Waals surface area contributed by atoms with Gasteiger partial charge in [0, 0.05) is 10.6 Å². The van der Waals surface area contributed by atoms with E-state index >= 15 is 0 Å². The number of oxazole rings is 1. The van der Waals surface area contributed by atoms with Crippen molar-refractivity contribution in [3.8, 4) is 11.3 Å². The van der Waals surface area contributed by atoms with Crippen molar-refractivity contribution in [2.75, 3.05) is 0 Å². The Balaban J connectivity index is 1.76. The summed E-state index contributed by atoms with van der Waals surface area (Å²) in [6.45, 7) is 2.44. The molecule has 108 valence electrons. The number of rotatable bonds is 4. The molecule has 1 atom stereocenters. The van der Waals surface area contributed by atoms with Gasteiger partial charge in [-0.2, -0.15) is 0 Å². The van der Waals surface area contributed by atoms with E-state index in [1.807, 2.05) is 37.4 Å². The molecule has 3 aromatic rings. The summed E-state index contributed by atoms with van der Waals surface area (Å²) in [7, 11) is 0. The molecule has 0 fully saturated rings. The van der Waals surface area contributed by atoms with Gasteiger partial charge in [-0.05, 0) is 31.2 Å². The van der Waals surface area contributed by atoms with E-state index in [1.54, 1.807) is 10.9 Å². The fraction of sp³-hybridized carbons (Fsp3) is 0.214. The Bertz CT molecular complexity index is 736. The smallest absolute Gasteiger partial charge is 0.216 e. The zero-order valence-electron chi connectivity index (χ0n) is 11.2. The second-order valence-electron chi connectivity index (χ2n) is 4.58. The third-order valence-corrected chi connectivity index (χ3v) is 3.66. The Labute approximate surface area is 135 Å². The molecular formula is C14H12BrClN4O. The van der Waals surface area contributed by atoms with Crippen LogP contribution in [0.15, 0.2) is 41.1 Å². The zero-order valence-corrected chi connectivity index (χ0v) is 13.5. The number of alkyl halides is 1. The van der Waals surface area contributed by atoms with Crippen LogP contribution in [0.25, 0.3) is 11.3 Å². The van der Waals surface area contributed by atoms with Crippen molar-refractivity contribution in [1.82, 2.24) is 20.0 Å². The summed E-state index contributed by atoms with van der Waals surface area (Å²) in [6, 6.07) is 7.43. The summed E-state index contributed by atoms with van der Waals surface area (Å²) in [6.07, 6.45) is 3.56. The molecule has 1 unspecified atom stereocenters. The molecule has 0 bridgehead atoms. The van der Waals surface area contributed by atoms with E-state index in [4.69, 9.17) is 16.0 Å². The molecule has 7 heteroatoms. The molecule has 0 N–H and O–H groups in total. The van der Waals surface area contributed by atoms with Gasteiger partial charge in [0.25, 0.3) is 0 Å². The van der Waals surface area contributed by atoms with Gasteiger partial charge in [0.1, 0.15) is 6.54 Å². The Morgan fingerprint density at radius 2 is 2.10 bits per heavy atom. The zero-order chi connectivity index (χ0) is 14.8. The average molecular weight is 368 g/mol. The van der Waals surface area contributed by atoms with Gasteiger partial charge in [-0.25, -0.2) is 9.67 Å². The largest absolute Gasteiger partial charge is 0.439 e. The first-order valence-electron chi connectivity index (χ1n) is 6.36. The summed E-state index contributed by atoms with van der Waals surface area (Å²) >= 11 is 9.33. The maximum absolute atomic E-state index is 5.87. The lowest BCUT2D eigenvalue weighted by Gasteiger charge is -1.97. The first-order valence-corrected chi connectivity index (χ1v) is 7.66. The Hall–Kier alpha value is -1.66. The van der Waals surface area contributed by atoms with Gasteiger partial charge >= 0.3 is 0 Å². The third-order valence-electron chi connectivity index (χ3n) is 2.94. The normalized spacial score (nSPS) is 12.5. The lowest BCUT2D eigenvalue weighted by molar-refractivity contribution is 0.469. The molecule has 5 nitrogen and oxygen atoms in total. The quantitative estimate of drug-likeness (QED) is 0.652. The van der Waals surface area contributed by atoms with E-state index in [0.29, 0.717) is 23.2 Å². The molecule has 0 aliphatic rings. The minimum absolute atomic E-state index is 0.167. The first kappa shape index (κ1) is 14.3. The van der Waals surface area contributed by atoms with Crippen LogP contribution in [0.5, 0.6) is 0 Å². The van der Waals surface area contributed by atoms with E-state index in [9.17, 15) is 0 Å². The average Bonchev–Trinajstić information content (AvgIpc) is 3.10. The molecule has 0 aliphatic heterocycles. The molecule has 0 spiro atoms. The van der Waals surface area contributed by atoms with E-state index in [2.05, 4.69) is 31.2 Å². The van der Waals surface area contributed by atoms with Crippen molar-refractivity contribution in [2.24, 2.45) is 0 Å². The topological polar surface area (TPSA) is 56.7 Å².